The summed E-state index contributed by atoms with van der Waals surface area (Å²) in [6, 6.07) is 0.508. The van der Waals surface area contributed by atoms with Crippen LogP contribution in [0.2, 0.25) is 0 Å². The minimum atomic E-state index is 0.333. The molecule has 3 nitrogen and oxygen atoms in total. The number of nitrogens with one attached hydrogen (secondary N) is 1. The van der Waals surface area contributed by atoms with Gasteiger partial charge in [-0.15, -0.1) is 0 Å². The molecular weight excluding hydrogens is 248 g/mol. The first-order chi connectivity index (χ1) is 9.64. The molecule has 0 aliphatic heterocycles. The zero-order chi connectivity index (χ0) is 13.7. The largest absolute Gasteiger partial charge is 0.360 e. The zero-order valence-corrected chi connectivity index (χ0v) is 12.7. The van der Waals surface area contributed by atoms with Gasteiger partial charge in [-0.05, 0) is 56.3 Å². The first kappa shape index (κ1) is 12.9. The standard InChI is InChI=1S/C17H26N2O/c1-11(2)18-9-15-10-19-20-16(15)17-6-12-3-13(7-17)5-14(4-12)8-17/h10-14,18H,3-9H2,1-2H3. The van der Waals surface area contributed by atoms with Crippen LogP contribution in [-0.2, 0) is 12.0 Å². The lowest BCUT2D eigenvalue weighted by atomic mass is 9.49. The van der Waals surface area contributed by atoms with Crippen molar-refractivity contribution in [3.63, 3.8) is 0 Å². The van der Waals surface area contributed by atoms with Crippen molar-refractivity contribution < 1.29 is 4.52 Å². The fourth-order valence-corrected chi connectivity index (χ4v) is 5.53. The molecule has 4 bridgehead atoms. The Kier molecular flexibility index (Phi) is 2.95. The molecule has 0 unspecified atom stereocenters. The van der Waals surface area contributed by atoms with Crippen molar-refractivity contribution in [2.75, 3.05) is 0 Å². The Morgan fingerprint density at radius 1 is 1.20 bits per heavy atom. The maximum absolute atomic E-state index is 5.79. The summed E-state index contributed by atoms with van der Waals surface area (Å²) < 4.78 is 5.79. The van der Waals surface area contributed by atoms with Gasteiger partial charge in [-0.3, -0.25) is 0 Å². The molecule has 1 aromatic heterocycles. The molecule has 0 aromatic carbocycles. The van der Waals surface area contributed by atoms with Crippen LogP contribution in [0, 0.1) is 17.8 Å². The molecule has 110 valence electrons. The summed E-state index contributed by atoms with van der Waals surface area (Å²) in [7, 11) is 0. The van der Waals surface area contributed by atoms with Gasteiger partial charge in [-0.2, -0.15) is 0 Å². The minimum absolute atomic E-state index is 0.333. The lowest BCUT2D eigenvalue weighted by Gasteiger charge is -2.55. The van der Waals surface area contributed by atoms with E-state index in [1.165, 1.54) is 49.8 Å². The summed E-state index contributed by atoms with van der Waals surface area (Å²) in [5.74, 6) is 4.09. The maximum Gasteiger partial charge on any atom is 0.147 e. The van der Waals surface area contributed by atoms with Gasteiger partial charge in [0.25, 0.3) is 0 Å². The van der Waals surface area contributed by atoms with Gasteiger partial charge >= 0.3 is 0 Å². The first-order valence-corrected chi connectivity index (χ1v) is 8.32. The molecule has 0 radical (unpaired) electrons. The highest BCUT2D eigenvalue weighted by Gasteiger charge is 2.54. The maximum atomic E-state index is 5.79. The van der Waals surface area contributed by atoms with E-state index in [1.54, 1.807) is 0 Å². The van der Waals surface area contributed by atoms with Crippen molar-refractivity contribution in [3.8, 4) is 0 Å². The fourth-order valence-electron chi connectivity index (χ4n) is 5.53. The summed E-state index contributed by atoms with van der Waals surface area (Å²) in [5, 5.41) is 7.66. The van der Waals surface area contributed by atoms with Crippen LogP contribution < -0.4 is 5.32 Å². The van der Waals surface area contributed by atoms with E-state index in [4.69, 9.17) is 4.52 Å². The second-order valence-electron chi connectivity index (χ2n) is 7.91. The topological polar surface area (TPSA) is 38.1 Å². The molecule has 4 aliphatic rings. The normalized spacial score (nSPS) is 38.9. The van der Waals surface area contributed by atoms with Gasteiger partial charge in [-0.25, -0.2) is 0 Å². The average Bonchev–Trinajstić information content (AvgIpc) is 2.83. The van der Waals surface area contributed by atoms with E-state index in [-0.39, 0.29) is 0 Å². The van der Waals surface area contributed by atoms with Crippen molar-refractivity contribution in [1.29, 1.82) is 0 Å². The molecule has 0 spiro atoms. The summed E-state index contributed by atoms with van der Waals surface area (Å²) in [4.78, 5) is 0. The van der Waals surface area contributed by atoms with Crippen LogP contribution in [-0.4, -0.2) is 11.2 Å². The highest BCUT2D eigenvalue weighted by atomic mass is 16.5. The molecule has 3 heteroatoms. The predicted molar refractivity (Wildman–Crippen MR) is 78.3 cm³/mol. The molecule has 0 atom stereocenters. The van der Waals surface area contributed by atoms with Gasteiger partial charge in [0.1, 0.15) is 5.76 Å². The Morgan fingerprint density at radius 2 is 1.80 bits per heavy atom. The van der Waals surface area contributed by atoms with Gasteiger partial charge < -0.3 is 9.84 Å². The predicted octanol–water partition coefficient (Wildman–Crippen LogP) is 3.64. The number of hydrogen-bond donors (Lipinski definition) is 1. The van der Waals surface area contributed by atoms with E-state index in [1.807, 2.05) is 6.20 Å². The van der Waals surface area contributed by atoms with E-state index in [9.17, 15) is 0 Å². The lowest BCUT2D eigenvalue weighted by molar-refractivity contribution is -0.0181. The molecule has 1 N–H and O–H groups in total. The third kappa shape index (κ3) is 2.02. The minimum Gasteiger partial charge on any atom is -0.360 e. The zero-order valence-electron chi connectivity index (χ0n) is 12.7. The van der Waals surface area contributed by atoms with Crippen molar-refractivity contribution in [3.05, 3.63) is 17.5 Å². The Balaban J connectivity index is 1.62. The van der Waals surface area contributed by atoms with Crippen molar-refractivity contribution in [1.82, 2.24) is 10.5 Å². The molecule has 4 aliphatic carbocycles. The summed E-state index contributed by atoms with van der Waals surface area (Å²) >= 11 is 0. The Bertz CT molecular complexity index is 456. The van der Waals surface area contributed by atoms with E-state index >= 15 is 0 Å². The lowest BCUT2D eigenvalue weighted by Crippen LogP contribution is -2.48. The van der Waals surface area contributed by atoms with E-state index < -0.39 is 0 Å². The van der Waals surface area contributed by atoms with Crippen LogP contribution in [0.4, 0.5) is 0 Å². The SMILES string of the molecule is CC(C)NCc1cnoc1C12CC3CC(CC(C3)C1)C2. The van der Waals surface area contributed by atoms with Gasteiger partial charge in [0.15, 0.2) is 0 Å². The number of hydrogen-bond acceptors (Lipinski definition) is 3. The highest BCUT2D eigenvalue weighted by Crippen LogP contribution is 2.61. The number of nitrogens with zero attached hydrogens (tertiary/aromatic N) is 1. The molecular formula is C17H26N2O. The Morgan fingerprint density at radius 3 is 2.35 bits per heavy atom. The molecule has 0 amide bonds. The first-order valence-electron chi connectivity index (χ1n) is 8.32. The average molecular weight is 274 g/mol. The summed E-state index contributed by atoms with van der Waals surface area (Å²) in [5.41, 5.74) is 1.64. The second-order valence-corrected chi connectivity index (χ2v) is 7.91. The summed E-state index contributed by atoms with van der Waals surface area (Å²) in [6.45, 7) is 5.29. The van der Waals surface area contributed by atoms with E-state index in [0.29, 0.717) is 11.5 Å². The third-order valence-electron chi connectivity index (χ3n) is 5.86. The molecule has 1 aromatic rings. The fraction of sp³-hybridized carbons (Fsp3) is 0.824. The van der Waals surface area contributed by atoms with Crippen molar-refractivity contribution >= 4 is 0 Å². The second kappa shape index (κ2) is 4.59. The van der Waals surface area contributed by atoms with Gasteiger partial charge in [-0.1, -0.05) is 19.0 Å². The van der Waals surface area contributed by atoms with Crippen LogP contribution in [0.5, 0.6) is 0 Å². The highest BCUT2D eigenvalue weighted by molar-refractivity contribution is 5.27. The van der Waals surface area contributed by atoms with Crippen LogP contribution in [0.3, 0.4) is 0 Å². The number of aromatic nitrogens is 1. The molecule has 0 saturated heterocycles. The molecule has 20 heavy (non-hydrogen) atoms. The van der Waals surface area contributed by atoms with Gasteiger partial charge in [0.2, 0.25) is 0 Å². The van der Waals surface area contributed by atoms with Gasteiger partial charge in [0.05, 0.1) is 6.20 Å². The third-order valence-corrected chi connectivity index (χ3v) is 5.86. The molecule has 5 rings (SSSR count). The Labute approximate surface area is 121 Å². The van der Waals surface area contributed by atoms with Crippen LogP contribution in [0.15, 0.2) is 10.7 Å². The van der Waals surface area contributed by atoms with Crippen LogP contribution >= 0.6 is 0 Å². The van der Waals surface area contributed by atoms with Crippen molar-refractivity contribution in [2.24, 2.45) is 17.8 Å². The van der Waals surface area contributed by atoms with Crippen molar-refractivity contribution in [2.45, 2.75) is 70.4 Å². The van der Waals surface area contributed by atoms with Gasteiger partial charge in [0, 0.05) is 23.6 Å². The molecule has 4 fully saturated rings. The molecule has 4 saturated carbocycles. The number of rotatable bonds is 4. The summed E-state index contributed by atoms with van der Waals surface area (Å²) in [6.07, 6.45) is 10.4. The van der Waals surface area contributed by atoms with Crippen LogP contribution in [0.1, 0.15) is 63.7 Å². The smallest absolute Gasteiger partial charge is 0.147 e. The molecule has 1 heterocycles. The monoisotopic (exact) mass is 274 g/mol. The van der Waals surface area contributed by atoms with E-state index in [2.05, 4.69) is 24.3 Å². The van der Waals surface area contributed by atoms with Crippen LogP contribution in [0.25, 0.3) is 0 Å². The Hall–Kier alpha value is -0.830. The van der Waals surface area contributed by atoms with E-state index in [0.717, 1.165) is 24.3 Å². The quantitative estimate of drug-likeness (QED) is 0.911.